The molecule has 2 fully saturated rings. The molecule has 0 unspecified atom stereocenters. The Labute approximate surface area is 315 Å². The highest BCUT2D eigenvalue weighted by atomic mass is 19.4. The molecule has 0 spiro atoms. The number of halogens is 6. The van der Waals surface area contributed by atoms with Gasteiger partial charge >= 0.3 is 24.3 Å². The van der Waals surface area contributed by atoms with E-state index in [2.05, 4.69) is 10.9 Å². The number of hydrogen-bond acceptors (Lipinski definition) is 8. The molecule has 4 aromatic carbocycles. The van der Waals surface area contributed by atoms with Gasteiger partial charge in [0.2, 0.25) is 0 Å². The van der Waals surface area contributed by atoms with Crippen LogP contribution in [0, 0.1) is 0 Å². The maximum Gasteiger partial charge on any atom is 0.416 e. The lowest BCUT2D eigenvalue weighted by Crippen LogP contribution is -2.35. The SMILES string of the molecule is O=C(O)COc1ccc(C=C2C(=O)NN(c3cccc(C(F)(F)F)c3)C2=O)cc1.O=C1NN(c2cccc(C(F)(F)F)c2)C(=O)C1=Cc1cccc(C(=O)O)c1O. The topological polar surface area (TPSA) is 203 Å². The molecule has 0 aromatic heterocycles. The zero-order valence-electron chi connectivity index (χ0n) is 28.4. The number of hydrogen-bond donors (Lipinski definition) is 5. The van der Waals surface area contributed by atoms with Crippen molar-refractivity contribution < 1.29 is 75.2 Å². The molecule has 0 bridgehead atoms. The first-order chi connectivity index (χ1) is 26.7. The van der Waals surface area contributed by atoms with Gasteiger partial charge < -0.3 is 20.1 Å². The average molecular weight is 799 g/mol. The minimum Gasteiger partial charge on any atom is -0.506 e. The van der Waals surface area contributed by atoms with E-state index in [0.717, 1.165) is 47.5 Å². The number of aliphatic carboxylic acids is 1. The molecule has 0 aliphatic carbocycles. The lowest BCUT2D eigenvalue weighted by atomic mass is 10.1. The fourth-order valence-corrected chi connectivity index (χ4v) is 5.10. The highest BCUT2D eigenvalue weighted by Crippen LogP contribution is 2.34. The number of amides is 4. The number of carbonyl (C=O) groups excluding carboxylic acids is 4. The predicted octanol–water partition coefficient (Wildman–Crippen LogP) is 5.20. The second kappa shape index (κ2) is 16.0. The summed E-state index contributed by atoms with van der Waals surface area (Å²) in [5.41, 5.74) is 1.24. The summed E-state index contributed by atoms with van der Waals surface area (Å²) in [4.78, 5) is 70.8. The molecule has 57 heavy (non-hydrogen) atoms. The predicted molar refractivity (Wildman–Crippen MR) is 185 cm³/mol. The van der Waals surface area contributed by atoms with Gasteiger partial charge in [0.15, 0.2) is 6.61 Å². The number of aromatic carboxylic acids is 1. The van der Waals surface area contributed by atoms with E-state index < -0.39 is 82.5 Å². The van der Waals surface area contributed by atoms with Gasteiger partial charge in [0.05, 0.1) is 22.5 Å². The van der Waals surface area contributed by atoms with Gasteiger partial charge in [-0.3, -0.25) is 30.0 Å². The van der Waals surface area contributed by atoms with Gasteiger partial charge in [0.1, 0.15) is 28.2 Å². The Kier molecular flexibility index (Phi) is 11.4. The zero-order chi connectivity index (χ0) is 41.8. The highest BCUT2D eigenvalue weighted by Gasteiger charge is 2.38. The van der Waals surface area contributed by atoms with Crippen molar-refractivity contribution in [3.63, 3.8) is 0 Å². The number of nitrogens with zero attached hydrogens (tertiary/aromatic N) is 2. The first-order valence-electron chi connectivity index (χ1n) is 15.8. The summed E-state index contributed by atoms with van der Waals surface area (Å²) >= 11 is 0. The van der Waals surface area contributed by atoms with Gasteiger partial charge in [-0.1, -0.05) is 36.4 Å². The molecule has 4 aromatic rings. The largest absolute Gasteiger partial charge is 0.506 e. The van der Waals surface area contributed by atoms with Crippen molar-refractivity contribution >= 4 is 59.1 Å². The van der Waals surface area contributed by atoms with Crippen molar-refractivity contribution in [2.45, 2.75) is 12.4 Å². The van der Waals surface area contributed by atoms with Crippen molar-refractivity contribution in [1.29, 1.82) is 0 Å². The first kappa shape index (κ1) is 40.5. The van der Waals surface area contributed by atoms with E-state index in [-0.39, 0.29) is 28.3 Å². The van der Waals surface area contributed by atoms with Crippen LogP contribution in [-0.4, -0.2) is 57.5 Å². The summed E-state index contributed by atoms with van der Waals surface area (Å²) in [7, 11) is 0. The van der Waals surface area contributed by atoms with Crippen molar-refractivity contribution in [3.8, 4) is 11.5 Å². The molecular weight excluding hydrogens is 774 g/mol. The van der Waals surface area contributed by atoms with E-state index in [1.807, 2.05) is 0 Å². The molecule has 2 aliphatic heterocycles. The maximum atomic E-state index is 12.9. The number of para-hydroxylation sites is 1. The monoisotopic (exact) mass is 798 g/mol. The number of nitrogens with one attached hydrogen (secondary N) is 2. The second-order valence-electron chi connectivity index (χ2n) is 11.7. The number of phenols is 1. The van der Waals surface area contributed by atoms with Gasteiger partial charge in [-0.05, 0) is 72.3 Å². The summed E-state index contributed by atoms with van der Waals surface area (Å²) in [5.74, 6) is -6.36. The Hall–Kier alpha value is -7.64. The normalized spacial score (nSPS) is 15.7. The van der Waals surface area contributed by atoms with Crippen molar-refractivity contribution in [2.24, 2.45) is 0 Å². The Morgan fingerprint density at radius 2 is 1.14 bits per heavy atom. The number of rotatable bonds is 8. The van der Waals surface area contributed by atoms with Gasteiger partial charge in [0.25, 0.3) is 23.6 Å². The van der Waals surface area contributed by atoms with Crippen molar-refractivity contribution in [3.05, 3.63) is 130 Å². The smallest absolute Gasteiger partial charge is 0.416 e. The lowest BCUT2D eigenvalue weighted by molar-refractivity contribution is -0.139. The quantitative estimate of drug-likeness (QED) is 0.0896. The number of anilines is 2. The molecule has 0 atom stereocenters. The lowest BCUT2D eigenvalue weighted by Gasteiger charge is -2.16. The number of aromatic hydroxyl groups is 1. The molecule has 2 aliphatic rings. The van der Waals surface area contributed by atoms with E-state index in [1.165, 1.54) is 54.6 Å². The fourth-order valence-electron chi connectivity index (χ4n) is 5.10. The van der Waals surface area contributed by atoms with Gasteiger partial charge in [-0.15, -0.1) is 0 Å². The Morgan fingerprint density at radius 3 is 1.60 bits per heavy atom. The van der Waals surface area contributed by atoms with Gasteiger partial charge in [0, 0.05) is 5.56 Å². The number of carboxylic acids is 2. The summed E-state index contributed by atoms with van der Waals surface area (Å²) in [5, 5.41) is 29.0. The van der Waals surface area contributed by atoms with Crippen LogP contribution in [0.4, 0.5) is 37.7 Å². The van der Waals surface area contributed by atoms with Crippen LogP contribution in [0.3, 0.4) is 0 Å². The maximum absolute atomic E-state index is 12.9. The Bertz CT molecular complexity index is 2360. The fraction of sp³-hybridized carbons (Fsp3) is 0.0811. The van der Waals surface area contributed by atoms with E-state index in [4.69, 9.17) is 14.9 Å². The summed E-state index contributed by atoms with van der Waals surface area (Å²) in [6.45, 7) is -0.521. The summed E-state index contributed by atoms with van der Waals surface area (Å²) < 4.78 is 82.2. The van der Waals surface area contributed by atoms with E-state index >= 15 is 0 Å². The molecule has 4 amide bonds. The second-order valence-corrected chi connectivity index (χ2v) is 11.7. The number of carbonyl (C=O) groups is 6. The summed E-state index contributed by atoms with van der Waals surface area (Å²) in [6.07, 6.45) is -6.99. The molecule has 2 heterocycles. The minimum absolute atomic E-state index is 0.107. The van der Waals surface area contributed by atoms with Crippen LogP contribution in [0.25, 0.3) is 12.2 Å². The molecule has 0 saturated carbocycles. The molecule has 14 nitrogen and oxygen atoms in total. The minimum atomic E-state index is -4.63. The van der Waals surface area contributed by atoms with Crippen LogP contribution in [0.1, 0.15) is 32.6 Å². The Balaban J connectivity index is 0.000000218. The van der Waals surface area contributed by atoms with Crippen LogP contribution in [0.2, 0.25) is 0 Å². The third kappa shape index (κ3) is 9.36. The van der Waals surface area contributed by atoms with Gasteiger partial charge in [-0.25, -0.2) is 19.6 Å². The third-order valence-electron chi connectivity index (χ3n) is 7.80. The number of benzene rings is 4. The van der Waals surface area contributed by atoms with Crippen LogP contribution < -0.4 is 25.6 Å². The molecule has 20 heteroatoms. The van der Waals surface area contributed by atoms with Crippen LogP contribution >= 0.6 is 0 Å². The van der Waals surface area contributed by atoms with E-state index in [1.54, 1.807) is 0 Å². The molecule has 0 radical (unpaired) electrons. The standard InChI is InChI=1S/C19H13F3N2O5.C18H11F3N2O5/c20-19(21,22)12-2-1-3-13(9-12)24-18(28)15(17(27)23-24)8-11-4-6-14(7-5-11)29-10-16(25)26;19-18(20,21)10-4-2-5-11(8-10)23-16(26)13(15(25)22-23)7-9-3-1-6-12(14(9)24)17(27)28/h1-9H,10H2,(H,23,27)(H,25,26);1-8,24H,(H,22,25)(H,27,28). The number of carboxylic acid groups (broad SMARTS) is 2. The number of hydrazine groups is 2. The molecule has 5 N–H and O–H groups in total. The van der Waals surface area contributed by atoms with Gasteiger partial charge in [-0.2, -0.15) is 26.3 Å². The molecular formula is C37H24F6N4O10. The van der Waals surface area contributed by atoms with E-state index in [9.17, 15) is 60.2 Å². The van der Waals surface area contributed by atoms with Crippen LogP contribution in [0.5, 0.6) is 11.5 Å². The van der Waals surface area contributed by atoms with Crippen molar-refractivity contribution in [2.75, 3.05) is 16.6 Å². The molecule has 294 valence electrons. The van der Waals surface area contributed by atoms with Crippen LogP contribution in [0.15, 0.2) is 102 Å². The molecule has 6 rings (SSSR count). The average Bonchev–Trinajstić information content (AvgIpc) is 3.60. The van der Waals surface area contributed by atoms with Crippen LogP contribution in [-0.2, 0) is 36.3 Å². The number of ether oxygens (including phenoxy) is 1. The third-order valence-corrected chi connectivity index (χ3v) is 7.80. The first-order valence-corrected chi connectivity index (χ1v) is 15.8. The molecule has 2 saturated heterocycles. The highest BCUT2D eigenvalue weighted by molar-refractivity contribution is 6.32. The zero-order valence-corrected chi connectivity index (χ0v) is 28.4. The Morgan fingerprint density at radius 1 is 0.667 bits per heavy atom. The number of alkyl halides is 6. The summed E-state index contributed by atoms with van der Waals surface area (Å²) in [6, 6.07) is 17.4. The van der Waals surface area contributed by atoms with E-state index in [0.29, 0.717) is 16.6 Å². The van der Waals surface area contributed by atoms with Crippen molar-refractivity contribution in [1.82, 2.24) is 10.9 Å².